The number of amidine groups is 1. The van der Waals surface area contributed by atoms with Gasteiger partial charge in [0, 0.05) is 56.6 Å². The molecule has 4 heterocycles. The average molecular weight is 492 g/mol. The molecule has 7 nitrogen and oxygen atoms in total. The number of piperidine rings is 1. The number of aromatic nitrogens is 1. The van der Waals surface area contributed by atoms with Gasteiger partial charge >= 0.3 is 0 Å². The van der Waals surface area contributed by atoms with Crippen molar-refractivity contribution in [2.75, 3.05) is 50.7 Å². The highest BCUT2D eigenvalue weighted by Crippen LogP contribution is 2.30. The summed E-state index contributed by atoms with van der Waals surface area (Å²) in [5.41, 5.74) is 2.98. The number of benzene rings is 1. The molecule has 5 rings (SSSR count). The average Bonchev–Trinajstić information content (AvgIpc) is 3.44. The van der Waals surface area contributed by atoms with Crippen molar-refractivity contribution in [1.82, 2.24) is 20.1 Å². The van der Waals surface area contributed by atoms with E-state index in [2.05, 4.69) is 50.1 Å². The van der Waals surface area contributed by atoms with E-state index in [1.54, 1.807) is 0 Å². The van der Waals surface area contributed by atoms with Crippen molar-refractivity contribution in [3.63, 3.8) is 0 Å². The molecular weight excluding hydrogens is 458 g/mol. The van der Waals surface area contributed by atoms with Crippen LogP contribution in [0, 0.1) is 11.3 Å². The van der Waals surface area contributed by atoms with Crippen LogP contribution in [-0.2, 0) is 6.54 Å². The summed E-state index contributed by atoms with van der Waals surface area (Å²) in [4.78, 5) is 16.9. The lowest BCUT2D eigenvalue weighted by Gasteiger charge is -2.47. The predicted molar refractivity (Wildman–Crippen MR) is 141 cm³/mol. The minimum absolute atomic E-state index is 0.511. The van der Waals surface area contributed by atoms with Gasteiger partial charge in [0.05, 0.1) is 23.2 Å². The minimum atomic E-state index is 0.511. The Hall–Kier alpha value is -2.66. The van der Waals surface area contributed by atoms with E-state index in [0.29, 0.717) is 17.1 Å². The van der Waals surface area contributed by atoms with Gasteiger partial charge in [0.2, 0.25) is 0 Å². The van der Waals surface area contributed by atoms with Crippen molar-refractivity contribution in [2.24, 2.45) is 4.99 Å². The Bertz CT molecular complexity index is 1090. The van der Waals surface area contributed by atoms with Crippen LogP contribution in [0.15, 0.2) is 41.5 Å². The fraction of sp³-hybridized carbons (Fsp3) is 0.519. The van der Waals surface area contributed by atoms with Crippen LogP contribution in [0.1, 0.15) is 42.9 Å². The van der Waals surface area contributed by atoms with Gasteiger partial charge in [-0.3, -0.25) is 14.8 Å². The van der Waals surface area contributed by atoms with Gasteiger partial charge in [0.25, 0.3) is 0 Å². The first-order valence-corrected chi connectivity index (χ1v) is 13.2. The molecule has 1 N–H and O–H groups in total. The van der Waals surface area contributed by atoms with Crippen LogP contribution in [-0.4, -0.2) is 78.5 Å². The molecule has 0 amide bonds. The number of nitriles is 1. The first kappa shape index (κ1) is 24.1. The lowest BCUT2D eigenvalue weighted by Crippen LogP contribution is -2.58. The van der Waals surface area contributed by atoms with E-state index in [0.717, 1.165) is 81.6 Å². The van der Waals surface area contributed by atoms with E-state index in [4.69, 9.17) is 21.8 Å². The van der Waals surface area contributed by atoms with Crippen LogP contribution in [0.5, 0.6) is 0 Å². The van der Waals surface area contributed by atoms with Crippen molar-refractivity contribution in [2.45, 2.75) is 44.8 Å². The van der Waals surface area contributed by atoms with Crippen LogP contribution in [0.3, 0.4) is 0 Å². The summed E-state index contributed by atoms with van der Waals surface area (Å²) >= 11 is 6.69. The van der Waals surface area contributed by atoms with Gasteiger partial charge in [0.15, 0.2) is 0 Å². The Balaban J connectivity index is 1.17. The monoisotopic (exact) mass is 491 g/mol. The van der Waals surface area contributed by atoms with Crippen LogP contribution < -0.4 is 10.2 Å². The van der Waals surface area contributed by atoms with Gasteiger partial charge in [-0.05, 0) is 56.1 Å². The molecular formula is C27H34ClN7. The van der Waals surface area contributed by atoms with Crippen molar-refractivity contribution in [1.29, 1.82) is 5.26 Å². The molecule has 1 atom stereocenters. The molecule has 1 aromatic carbocycles. The number of anilines is 1. The number of hydrogen-bond donors (Lipinski definition) is 1. The maximum absolute atomic E-state index is 9.01. The number of aliphatic imine (C=N–C) groups is 1. The largest absolute Gasteiger partial charge is 0.368 e. The summed E-state index contributed by atoms with van der Waals surface area (Å²) in [6, 6.07) is 13.3. The Morgan fingerprint density at radius 1 is 1.14 bits per heavy atom. The molecule has 0 aliphatic carbocycles. The summed E-state index contributed by atoms with van der Waals surface area (Å²) in [7, 11) is 0. The molecule has 0 saturated carbocycles. The minimum Gasteiger partial charge on any atom is -0.368 e. The van der Waals surface area contributed by atoms with Gasteiger partial charge in [-0.2, -0.15) is 5.26 Å². The third-order valence-corrected chi connectivity index (χ3v) is 7.86. The van der Waals surface area contributed by atoms with Crippen LogP contribution in [0.2, 0.25) is 5.02 Å². The first-order chi connectivity index (χ1) is 17.1. The maximum Gasteiger partial charge on any atom is 0.147 e. The molecule has 2 fully saturated rings. The van der Waals surface area contributed by atoms with Gasteiger partial charge in [-0.15, -0.1) is 0 Å². The summed E-state index contributed by atoms with van der Waals surface area (Å²) in [6.45, 7) is 10.1. The second-order valence-corrected chi connectivity index (χ2v) is 10.2. The molecule has 0 radical (unpaired) electrons. The van der Waals surface area contributed by atoms with Crippen molar-refractivity contribution in [3.8, 4) is 6.07 Å². The smallest absolute Gasteiger partial charge is 0.147 e. The number of halogens is 1. The van der Waals surface area contributed by atoms with Crippen LogP contribution in [0.4, 0.5) is 5.82 Å². The number of hydrogen-bond acceptors (Lipinski definition) is 7. The molecule has 2 aromatic rings. The maximum atomic E-state index is 9.01. The standard InChI is InChI=1S/C27H34ClN7/c1-2-23-19-34(27-25(28)15-22(17-32-27)26-30-9-10-31-26)13-14-35(23)24-7-11-33(12-8-24)18-21-5-3-20(16-29)4-6-21/h3-6,15,17,23-24H,2,7-14,18-19H2,1H3,(H,30,31)/t23-/m0/s1. The Labute approximate surface area is 213 Å². The van der Waals surface area contributed by atoms with E-state index >= 15 is 0 Å². The zero-order valence-corrected chi connectivity index (χ0v) is 21.2. The van der Waals surface area contributed by atoms with Crippen molar-refractivity contribution < 1.29 is 0 Å². The summed E-state index contributed by atoms with van der Waals surface area (Å²) in [5.74, 6) is 1.79. The number of piperazine rings is 1. The van der Waals surface area contributed by atoms with Crippen molar-refractivity contribution >= 4 is 23.3 Å². The van der Waals surface area contributed by atoms with Crippen LogP contribution >= 0.6 is 11.6 Å². The fourth-order valence-corrected chi connectivity index (χ4v) is 5.93. The predicted octanol–water partition coefficient (Wildman–Crippen LogP) is 3.52. The third-order valence-electron chi connectivity index (χ3n) is 7.58. The van der Waals surface area contributed by atoms with Gasteiger partial charge in [0.1, 0.15) is 11.7 Å². The lowest BCUT2D eigenvalue weighted by atomic mass is 9.97. The highest BCUT2D eigenvalue weighted by molar-refractivity contribution is 6.33. The molecule has 3 aliphatic heterocycles. The number of nitrogens with zero attached hydrogens (tertiary/aromatic N) is 6. The van der Waals surface area contributed by atoms with E-state index in [9.17, 15) is 0 Å². The second kappa shape index (κ2) is 10.9. The quantitative estimate of drug-likeness (QED) is 0.666. The first-order valence-electron chi connectivity index (χ1n) is 12.8. The van der Waals surface area contributed by atoms with Gasteiger partial charge < -0.3 is 10.2 Å². The zero-order chi connectivity index (χ0) is 24.2. The Morgan fingerprint density at radius 3 is 2.60 bits per heavy atom. The van der Waals surface area contributed by atoms with Gasteiger partial charge in [-0.25, -0.2) is 4.98 Å². The Morgan fingerprint density at radius 2 is 1.94 bits per heavy atom. The summed E-state index contributed by atoms with van der Waals surface area (Å²) < 4.78 is 0. The summed E-state index contributed by atoms with van der Waals surface area (Å²) in [6.07, 6.45) is 5.43. The normalized spacial score (nSPS) is 22.0. The molecule has 35 heavy (non-hydrogen) atoms. The second-order valence-electron chi connectivity index (χ2n) is 9.75. The van der Waals surface area contributed by atoms with E-state index in [1.807, 2.05) is 24.4 Å². The third kappa shape index (κ3) is 5.45. The molecule has 184 valence electrons. The molecule has 0 spiro atoms. The highest BCUT2D eigenvalue weighted by atomic mass is 35.5. The zero-order valence-electron chi connectivity index (χ0n) is 20.5. The molecule has 2 saturated heterocycles. The summed E-state index contributed by atoms with van der Waals surface area (Å²) in [5, 5.41) is 13.0. The molecule has 3 aliphatic rings. The van der Waals surface area contributed by atoms with Gasteiger partial charge in [-0.1, -0.05) is 30.7 Å². The number of rotatable bonds is 6. The Kier molecular flexibility index (Phi) is 7.52. The SMILES string of the molecule is CC[C@H]1CN(c2ncc(C3=NCCN3)cc2Cl)CCN1C1CCN(Cc2ccc(C#N)cc2)CC1. The number of nitrogens with one attached hydrogen (secondary N) is 1. The highest BCUT2D eigenvalue weighted by Gasteiger charge is 2.34. The number of pyridine rings is 1. The molecule has 0 bridgehead atoms. The van der Waals surface area contributed by atoms with E-state index in [-0.39, 0.29) is 0 Å². The topological polar surface area (TPSA) is 70.8 Å². The van der Waals surface area contributed by atoms with Crippen molar-refractivity contribution in [3.05, 3.63) is 58.2 Å². The van der Waals surface area contributed by atoms with Crippen LogP contribution in [0.25, 0.3) is 0 Å². The van der Waals surface area contributed by atoms with E-state index < -0.39 is 0 Å². The van der Waals surface area contributed by atoms with E-state index in [1.165, 1.54) is 18.4 Å². The number of likely N-dealkylation sites (tertiary alicyclic amines) is 1. The molecule has 1 aromatic heterocycles. The fourth-order valence-electron chi connectivity index (χ4n) is 5.64. The molecule has 0 unspecified atom stereocenters. The molecule has 8 heteroatoms. The lowest BCUT2D eigenvalue weighted by molar-refractivity contribution is 0.0610.